The third-order valence-corrected chi connectivity index (χ3v) is 4.87. The molecule has 92 valence electrons. The van der Waals surface area contributed by atoms with Crippen LogP contribution in [0.1, 0.15) is 59.8 Å². The molecule has 1 atom stereocenters. The zero-order chi connectivity index (χ0) is 12.4. The van der Waals surface area contributed by atoms with E-state index in [0.29, 0.717) is 11.3 Å². The highest BCUT2D eigenvalue weighted by atomic mass is 16.3. The minimum absolute atomic E-state index is 0.238. The first kappa shape index (κ1) is 13.5. The highest BCUT2D eigenvalue weighted by molar-refractivity contribution is 5.00. The van der Waals surface area contributed by atoms with E-state index in [-0.39, 0.29) is 5.92 Å². The average Bonchev–Trinajstić information content (AvgIpc) is 2.28. The summed E-state index contributed by atoms with van der Waals surface area (Å²) in [5.74, 6) is 0.460. The fourth-order valence-corrected chi connectivity index (χ4v) is 2.74. The zero-order valence-corrected chi connectivity index (χ0v) is 11.1. The van der Waals surface area contributed by atoms with Crippen molar-refractivity contribution in [3.8, 4) is 6.07 Å². The van der Waals surface area contributed by atoms with Crippen LogP contribution in [-0.2, 0) is 0 Å². The molecule has 0 aromatic carbocycles. The molecular formula is C14H25NO. The molecule has 0 amide bonds. The van der Waals surface area contributed by atoms with Gasteiger partial charge in [0.2, 0.25) is 0 Å². The topological polar surface area (TPSA) is 44.0 Å². The van der Waals surface area contributed by atoms with Gasteiger partial charge in [0.1, 0.15) is 0 Å². The molecule has 2 heteroatoms. The van der Waals surface area contributed by atoms with Crippen molar-refractivity contribution >= 4 is 0 Å². The van der Waals surface area contributed by atoms with E-state index in [1.165, 1.54) is 6.42 Å². The summed E-state index contributed by atoms with van der Waals surface area (Å²) in [7, 11) is 0. The molecule has 1 N–H and O–H groups in total. The predicted octanol–water partition coefficient (Wildman–Crippen LogP) is 3.50. The summed E-state index contributed by atoms with van der Waals surface area (Å²) >= 11 is 0. The molecule has 1 saturated carbocycles. The van der Waals surface area contributed by atoms with E-state index in [1.54, 1.807) is 0 Å². The second kappa shape index (κ2) is 4.75. The van der Waals surface area contributed by atoms with Crippen LogP contribution in [0.2, 0.25) is 0 Å². The number of hydrogen-bond donors (Lipinski definition) is 1. The van der Waals surface area contributed by atoms with E-state index >= 15 is 0 Å². The molecule has 1 unspecified atom stereocenters. The maximum Gasteiger partial charge on any atom is 0.0802 e. The Bertz CT molecular complexity index is 269. The van der Waals surface area contributed by atoms with Crippen molar-refractivity contribution < 1.29 is 5.11 Å². The number of nitrogens with zero attached hydrogens (tertiary/aromatic N) is 1. The highest BCUT2D eigenvalue weighted by Crippen LogP contribution is 2.45. The Balaban J connectivity index is 2.61. The van der Waals surface area contributed by atoms with Gasteiger partial charge in [0, 0.05) is 0 Å². The quantitative estimate of drug-likeness (QED) is 0.795. The first-order valence-corrected chi connectivity index (χ1v) is 6.47. The third kappa shape index (κ3) is 2.58. The second-order valence-corrected chi connectivity index (χ2v) is 6.07. The van der Waals surface area contributed by atoms with Gasteiger partial charge in [-0.1, -0.05) is 27.2 Å². The zero-order valence-electron chi connectivity index (χ0n) is 11.1. The van der Waals surface area contributed by atoms with Crippen LogP contribution in [0.3, 0.4) is 0 Å². The molecule has 0 aromatic rings. The van der Waals surface area contributed by atoms with Gasteiger partial charge in [-0.3, -0.25) is 0 Å². The summed E-state index contributed by atoms with van der Waals surface area (Å²) in [6.07, 6.45) is 4.88. The van der Waals surface area contributed by atoms with E-state index in [9.17, 15) is 5.11 Å². The van der Waals surface area contributed by atoms with Gasteiger partial charge in [-0.15, -0.1) is 0 Å². The smallest absolute Gasteiger partial charge is 0.0802 e. The Morgan fingerprint density at radius 3 is 2.31 bits per heavy atom. The van der Waals surface area contributed by atoms with Crippen LogP contribution in [0.5, 0.6) is 0 Å². The Morgan fingerprint density at radius 1 is 1.44 bits per heavy atom. The van der Waals surface area contributed by atoms with Crippen molar-refractivity contribution in [3.63, 3.8) is 0 Å². The lowest BCUT2D eigenvalue weighted by Gasteiger charge is -2.43. The lowest BCUT2D eigenvalue weighted by atomic mass is 9.64. The number of hydrogen-bond acceptors (Lipinski definition) is 2. The molecule has 0 heterocycles. The SMILES string of the molecule is CCC(C)(C)C1CCC(O)(C(C)C#N)CC1. The van der Waals surface area contributed by atoms with Crippen LogP contribution in [0, 0.1) is 28.6 Å². The van der Waals surface area contributed by atoms with Gasteiger partial charge >= 0.3 is 0 Å². The van der Waals surface area contributed by atoms with Gasteiger partial charge in [-0.25, -0.2) is 0 Å². The molecule has 16 heavy (non-hydrogen) atoms. The molecule has 1 rings (SSSR count). The molecule has 0 spiro atoms. The van der Waals surface area contributed by atoms with E-state index < -0.39 is 5.60 Å². The van der Waals surface area contributed by atoms with Crippen molar-refractivity contribution in [2.24, 2.45) is 17.3 Å². The van der Waals surface area contributed by atoms with Gasteiger partial charge in [-0.2, -0.15) is 5.26 Å². The maximum atomic E-state index is 10.4. The van der Waals surface area contributed by atoms with E-state index in [1.807, 2.05) is 6.92 Å². The number of aliphatic hydroxyl groups is 1. The third-order valence-electron chi connectivity index (χ3n) is 4.87. The Morgan fingerprint density at radius 2 is 1.94 bits per heavy atom. The van der Waals surface area contributed by atoms with Gasteiger partial charge < -0.3 is 5.11 Å². The highest BCUT2D eigenvalue weighted by Gasteiger charge is 2.41. The van der Waals surface area contributed by atoms with Crippen LogP contribution in [-0.4, -0.2) is 10.7 Å². The fourth-order valence-electron chi connectivity index (χ4n) is 2.74. The standard InChI is InChI=1S/C14H25NO/c1-5-13(3,4)12-6-8-14(16,9-7-12)11(2)10-15/h11-12,16H,5-9H2,1-4H3. The molecular weight excluding hydrogens is 198 g/mol. The lowest BCUT2D eigenvalue weighted by molar-refractivity contribution is -0.0516. The molecule has 0 saturated heterocycles. The summed E-state index contributed by atoms with van der Waals surface area (Å²) in [6.45, 7) is 8.70. The summed E-state index contributed by atoms with van der Waals surface area (Å²) in [4.78, 5) is 0. The van der Waals surface area contributed by atoms with Crippen molar-refractivity contribution in [2.45, 2.75) is 65.4 Å². The first-order chi connectivity index (χ1) is 7.35. The van der Waals surface area contributed by atoms with E-state index in [0.717, 1.165) is 25.7 Å². The van der Waals surface area contributed by atoms with Crippen molar-refractivity contribution in [1.29, 1.82) is 5.26 Å². The molecule has 2 nitrogen and oxygen atoms in total. The monoisotopic (exact) mass is 223 g/mol. The molecule has 0 aliphatic heterocycles. The molecule has 0 radical (unpaired) electrons. The van der Waals surface area contributed by atoms with Gasteiger partial charge in [0.15, 0.2) is 0 Å². The summed E-state index contributed by atoms with van der Waals surface area (Å²) in [5, 5.41) is 19.3. The van der Waals surface area contributed by atoms with E-state index in [2.05, 4.69) is 26.8 Å². The molecule has 1 aliphatic rings. The van der Waals surface area contributed by atoms with Crippen molar-refractivity contribution in [3.05, 3.63) is 0 Å². The van der Waals surface area contributed by atoms with E-state index in [4.69, 9.17) is 5.26 Å². The average molecular weight is 223 g/mol. The molecule has 1 aliphatic carbocycles. The molecule has 1 fully saturated rings. The van der Waals surface area contributed by atoms with Gasteiger partial charge in [0.25, 0.3) is 0 Å². The normalized spacial score (nSPS) is 33.1. The van der Waals surface area contributed by atoms with Gasteiger partial charge in [-0.05, 0) is 43.9 Å². The number of nitriles is 1. The molecule has 0 aromatic heterocycles. The Hall–Kier alpha value is -0.550. The van der Waals surface area contributed by atoms with Crippen molar-refractivity contribution in [2.75, 3.05) is 0 Å². The Labute approximate surface area is 99.7 Å². The fraction of sp³-hybridized carbons (Fsp3) is 0.929. The van der Waals surface area contributed by atoms with Gasteiger partial charge in [0.05, 0.1) is 17.6 Å². The summed E-state index contributed by atoms with van der Waals surface area (Å²) in [5.41, 5.74) is -0.355. The minimum atomic E-state index is -0.727. The lowest BCUT2D eigenvalue weighted by Crippen LogP contribution is -2.42. The van der Waals surface area contributed by atoms with Crippen LogP contribution >= 0.6 is 0 Å². The van der Waals surface area contributed by atoms with Crippen LogP contribution in [0.4, 0.5) is 0 Å². The second-order valence-electron chi connectivity index (χ2n) is 6.07. The van der Waals surface area contributed by atoms with Crippen LogP contribution in [0.25, 0.3) is 0 Å². The maximum absolute atomic E-state index is 10.4. The number of rotatable bonds is 3. The van der Waals surface area contributed by atoms with Crippen molar-refractivity contribution in [1.82, 2.24) is 0 Å². The largest absolute Gasteiger partial charge is 0.389 e. The predicted molar refractivity (Wildman–Crippen MR) is 65.8 cm³/mol. The van der Waals surface area contributed by atoms with Crippen LogP contribution < -0.4 is 0 Å². The minimum Gasteiger partial charge on any atom is -0.389 e. The summed E-state index contributed by atoms with van der Waals surface area (Å²) < 4.78 is 0. The van der Waals surface area contributed by atoms with Crippen LogP contribution in [0.15, 0.2) is 0 Å². The summed E-state index contributed by atoms with van der Waals surface area (Å²) in [6, 6.07) is 2.19. The first-order valence-electron chi connectivity index (χ1n) is 6.47. The molecule has 0 bridgehead atoms. The Kier molecular flexibility index (Phi) is 4.02.